The fraction of sp³-hybridized carbons (Fsp3) is 0.556. The Morgan fingerprint density at radius 3 is 2.22 bits per heavy atom. The molecule has 0 aliphatic carbocycles. The fourth-order valence-corrected chi connectivity index (χ4v) is 3.27. The third-order valence-corrected chi connectivity index (χ3v) is 4.54. The Balaban J connectivity index is 2.09. The lowest BCUT2D eigenvalue weighted by Crippen LogP contribution is -2.61. The number of carboxylic acid groups (broad SMARTS) is 1. The largest absolute Gasteiger partial charge is 0.465 e. The number of carbonyl (C=O) groups excluding carboxylic acids is 1. The number of benzene rings is 1. The van der Waals surface area contributed by atoms with Crippen LogP contribution in [0.25, 0.3) is 0 Å². The second-order valence-corrected chi connectivity index (χ2v) is 7.43. The summed E-state index contributed by atoms with van der Waals surface area (Å²) in [6.07, 6.45) is -1.29. The van der Waals surface area contributed by atoms with Gasteiger partial charge in [-0.3, -0.25) is 9.69 Å². The molecular formula is C18H25F2N3O4. The van der Waals surface area contributed by atoms with Gasteiger partial charge in [0.25, 0.3) is 0 Å². The molecule has 2 rings (SSSR count). The summed E-state index contributed by atoms with van der Waals surface area (Å²) in [5.41, 5.74) is -0.613. The van der Waals surface area contributed by atoms with Crippen LogP contribution in [0.4, 0.5) is 19.3 Å². The van der Waals surface area contributed by atoms with Crippen LogP contribution < -0.4 is 4.90 Å². The molecule has 150 valence electrons. The van der Waals surface area contributed by atoms with Gasteiger partial charge in [-0.25, -0.2) is 13.6 Å². The second kappa shape index (κ2) is 8.08. The highest BCUT2D eigenvalue weighted by atomic mass is 19.1. The van der Waals surface area contributed by atoms with Crippen LogP contribution >= 0.6 is 0 Å². The summed E-state index contributed by atoms with van der Waals surface area (Å²) in [7, 11) is 0. The number of hydrogen-bond donors (Lipinski definition) is 2. The standard InChI is InChI=1S/C18H25F2N3O4/c1-18(2,3)23(17(26)27)15(11-24)16(25)22-8-6-21(7-9-22)14-5-4-12(19)10-13(14)20/h4-5,10,15,24H,6-9,11H2,1-3H3,(H,26,27)/t15-/m0/s1. The van der Waals surface area contributed by atoms with Gasteiger partial charge in [-0.15, -0.1) is 0 Å². The van der Waals surface area contributed by atoms with E-state index in [0.717, 1.165) is 11.0 Å². The van der Waals surface area contributed by atoms with Crippen molar-refractivity contribution in [2.75, 3.05) is 37.7 Å². The van der Waals surface area contributed by atoms with Gasteiger partial charge in [0.05, 0.1) is 12.3 Å². The van der Waals surface area contributed by atoms with Gasteiger partial charge < -0.3 is 20.0 Å². The summed E-state index contributed by atoms with van der Waals surface area (Å²) in [5.74, 6) is -1.83. The van der Waals surface area contributed by atoms with Crippen molar-refractivity contribution in [3.05, 3.63) is 29.8 Å². The molecule has 0 spiro atoms. The van der Waals surface area contributed by atoms with Crippen molar-refractivity contribution in [3.8, 4) is 0 Å². The number of anilines is 1. The van der Waals surface area contributed by atoms with Crippen molar-refractivity contribution >= 4 is 17.7 Å². The summed E-state index contributed by atoms with van der Waals surface area (Å²) in [6.45, 7) is 5.41. The minimum atomic E-state index is -1.29. The Morgan fingerprint density at radius 1 is 1.19 bits per heavy atom. The molecule has 0 saturated carbocycles. The average molecular weight is 385 g/mol. The fourth-order valence-electron chi connectivity index (χ4n) is 3.27. The maximum atomic E-state index is 13.9. The summed E-state index contributed by atoms with van der Waals surface area (Å²) < 4.78 is 27.0. The SMILES string of the molecule is CC(C)(C)N(C(=O)O)[C@@H](CO)C(=O)N1CCN(c2ccc(F)cc2F)CC1. The Bertz CT molecular complexity index is 700. The first kappa shape index (κ1) is 20.9. The van der Waals surface area contributed by atoms with Crippen molar-refractivity contribution in [1.82, 2.24) is 9.80 Å². The van der Waals surface area contributed by atoms with Crippen LogP contribution in [0.5, 0.6) is 0 Å². The number of carbonyl (C=O) groups is 2. The molecule has 0 bridgehead atoms. The summed E-state index contributed by atoms with van der Waals surface area (Å²) in [4.78, 5) is 28.5. The number of halogens is 2. The number of nitrogens with zero attached hydrogens (tertiary/aromatic N) is 3. The van der Waals surface area contributed by atoms with E-state index in [0.29, 0.717) is 13.1 Å². The number of aliphatic hydroxyl groups is 1. The van der Waals surface area contributed by atoms with Gasteiger partial charge in [0.2, 0.25) is 5.91 Å². The summed E-state index contributed by atoms with van der Waals surface area (Å²) in [6, 6.07) is 2.12. The topological polar surface area (TPSA) is 84.3 Å². The quantitative estimate of drug-likeness (QED) is 0.825. The zero-order chi connectivity index (χ0) is 20.4. The molecule has 1 heterocycles. The average Bonchev–Trinajstić information content (AvgIpc) is 2.57. The zero-order valence-electron chi connectivity index (χ0n) is 15.7. The van der Waals surface area contributed by atoms with Gasteiger partial charge in [-0.1, -0.05) is 0 Å². The van der Waals surface area contributed by atoms with Crippen LogP contribution in [0.2, 0.25) is 0 Å². The normalized spacial score (nSPS) is 16.2. The van der Waals surface area contributed by atoms with E-state index in [2.05, 4.69) is 0 Å². The van der Waals surface area contributed by atoms with Crippen LogP contribution in [0.3, 0.4) is 0 Å². The molecule has 1 saturated heterocycles. The van der Waals surface area contributed by atoms with Crippen molar-refractivity contribution in [2.45, 2.75) is 32.4 Å². The van der Waals surface area contributed by atoms with Gasteiger partial charge in [0, 0.05) is 37.8 Å². The van der Waals surface area contributed by atoms with Crippen LogP contribution in [-0.2, 0) is 4.79 Å². The van der Waals surface area contributed by atoms with Crippen LogP contribution in [0.15, 0.2) is 18.2 Å². The van der Waals surface area contributed by atoms with E-state index in [1.807, 2.05) is 0 Å². The molecule has 1 fully saturated rings. The van der Waals surface area contributed by atoms with E-state index in [-0.39, 0.29) is 18.8 Å². The lowest BCUT2D eigenvalue weighted by molar-refractivity contribution is -0.140. The van der Waals surface area contributed by atoms with E-state index in [1.165, 1.54) is 17.0 Å². The highest BCUT2D eigenvalue weighted by Crippen LogP contribution is 2.23. The third kappa shape index (κ3) is 4.65. The predicted molar refractivity (Wildman–Crippen MR) is 95.6 cm³/mol. The van der Waals surface area contributed by atoms with Gasteiger partial charge >= 0.3 is 6.09 Å². The van der Waals surface area contributed by atoms with Crippen molar-refractivity contribution in [3.63, 3.8) is 0 Å². The summed E-state index contributed by atoms with van der Waals surface area (Å²) >= 11 is 0. The van der Waals surface area contributed by atoms with E-state index in [1.54, 1.807) is 25.7 Å². The Hall–Kier alpha value is -2.42. The molecule has 1 aliphatic rings. The molecule has 27 heavy (non-hydrogen) atoms. The molecular weight excluding hydrogens is 360 g/mol. The highest BCUT2D eigenvalue weighted by Gasteiger charge is 2.39. The highest BCUT2D eigenvalue weighted by molar-refractivity contribution is 5.86. The first-order valence-corrected chi connectivity index (χ1v) is 8.68. The zero-order valence-corrected chi connectivity index (χ0v) is 15.7. The number of hydrogen-bond acceptors (Lipinski definition) is 4. The van der Waals surface area contributed by atoms with Crippen LogP contribution in [0, 0.1) is 11.6 Å². The van der Waals surface area contributed by atoms with Crippen molar-refractivity contribution < 1.29 is 28.6 Å². The number of piperazine rings is 1. The number of rotatable bonds is 4. The Kier molecular flexibility index (Phi) is 6.25. The molecule has 1 aliphatic heterocycles. The van der Waals surface area contributed by atoms with Gasteiger partial charge in [-0.05, 0) is 32.9 Å². The molecule has 2 N–H and O–H groups in total. The second-order valence-electron chi connectivity index (χ2n) is 7.43. The third-order valence-electron chi connectivity index (χ3n) is 4.54. The maximum Gasteiger partial charge on any atom is 0.408 e. The number of aliphatic hydroxyl groups excluding tert-OH is 1. The lowest BCUT2D eigenvalue weighted by Gasteiger charge is -2.42. The van der Waals surface area contributed by atoms with Crippen LogP contribution in [-0.4, -0.2) is 76.4 Å². The predicted octanol–water partition coefficient (Wildman–Crippen LogP) is 1.75. The maximum absolute atomic E-state index is 13.9. The minimum absolute atomic E-state index is 0.240. The van der Waals surface area contributed by atoms with Gasteiger partial charge in [0.1, 0.15) is 17.7 Å². The molecule has 2 amide bonds. The Labute approximate surface area is 156 Å². The monoisotopic (exact) mass is 385 g/mol. The number of amides is 2. The van der Waals surface area contributed by atoms with Gasteiger partial charge in [0.15, 0.2) is 0 Å². The molecule has 1 aromatic carbocycles. The van der Waals surface area contributed by atoms with E-state index < -0.39 is 41.8 Å². The van der Waals surface area contributed by atoms with Gasteiger partial charge in [-0.2, -0.15) is 0 Å². The van der Waals surface area contributed by atoms with E-state index in [4.69, 9.17) is 0 Å². The van der Waals surface area contributed by atoms with Crippen LogP contribution in [0.1, 0.15) is 20.8 Å². The molecule has 0 unspecified atom stereocenters. The smallest absolute Gasteiger partial charge is 0.408 e. The molecule has 1 atom stereocenters. The molecule has 1 aromatic rings. The summed E-state index contributed by atoms with van der Waals surface area (Å²) in [5, 5.41) is 19.1. The van der Waals surface area contributed by atoms with E-state index >= 15 is 0 Å². The van der Waals surface area contributed by atoms with Crippen molar-refractivity contribution in [1.29, 1.82) is 0 Å². The van der Waals surface area contributed by atoms with Crippen molar-refractivity contribution in [2.24, 2.45) is 0 Å². The Morgan fingerprint density at radius 2 is 1.78 bits per heavy atom. The minimum Gasteiger partial charge on any atom is -0.465 e. The van der Waals surface area contributed by atoms with E-state index in [9.17, 15) is 28.6 Å². The first-order chi connectivity index (χ1) is 12.6. The molecule has 9 heteroatoms. The first-order valence-electron chi connectivity index (χ1n) is 8.68. The lowest BCUT2D eigenvalue weighted by atomic mass is 10.0. The molecule has 0 radical (unpaired) electrons. The molecule has 0 aromatic heterocycles. The molecule has 7 nitrogen and oxygen atoms in total.